The minimum absolute atomic E-state index is 0.0578. The van der Waals surface area contributed by atoms with Gasteiger partial charge in [-0.1, -0.05) is 12.1 Å². The first-order chi connectivity index (χ1) is 13.2. The SMILES string of the molecule is COc1ccc(NCC(=O)N/N=C\c2ccc(-c3ccccc3F)o2)cc1. The minimum Gasteiger partial charge on any atom is -0.497 e. The van der Waals surface area contributed by atoms with Crippen molar-refractivity contribution in [2.75, 3.05) is 19.0 Å². The molecule has 0 aliphatic heterocycles. The summed E-state index contributed by atoms with van der Waals surface area (Å²) in [5.74, 6) is 0.845. The Kier molecular flexibility index (Phi) is 5.84. The number of benzene rings is 2. The number of methoxy groups -OCH3 is 1. The molecule has 2 N–H and O–H groups in total. The van der Waals surface area contributed by atoms with Gasteiger partial charge < -0.3 is 14.5 Å². The first-order valence-electron chi connectivity index (χ1n) is 8.20. The number of furan rings is 1. The van der Waals surface area contributed by atoms with Crippen molar-refractivity contribution in [3.8, 4) is 17.1 Å². The smallest absolute Gasteiger partial charge is 0.259 e. The van der Waals surface area contributed by atoms with Gasteiger partial charge in [-0.3, -0.25) is 4.79 Å². The van der Waals surface area contributed by atoms with Crippen molar-refractivity contribution in [2.45, 2.75) is 0 Å². The molecule has 6 nitrogen and oxygen atoms in total. The number of amides is 1. The third kappa shape index (κ3) is 4.94. The maximum absolute atomic E-state index is 13.7. The van der Waals surface area contributed by atoms with Crippen LogP contribution in [0.2, 0.25) is 0 Å². The predicted octanol–water partition coefficient (Wildman–Crippen LogP) is 3.66. The number of ether oxygens (including phenoxy) is 1. The Morgan fingerprint density at radius 1 is 1.15 bits per heavy atom. The van der Waals surface area contributed by atoms with Crippen LogP contribution in [0.5, 0.6) is 5.75 Å². The summed E-state index contributed by atoms with van der Waals surface area (Å²) in [5.41, 5.74) is 3.55. The van der Waals surface area contributed by atoms with Crippen molar-refractivity contribution in [3.05, 3.63) is 72.2 Å². The molecule has 0 aliphatic carbocycles. The summed E-state index contributed by atoms with van der Waals surface area (Å²) in [6, 6.07) is 16.8. The molecule has 3 rings (SSSR count). The summed E-state index contributed by atoms with van der Waals surface area (Å²) in [6.07, 6.45) is 1.36. The van der Waals surface area contributed by atoms with Gasteiger partial charge in [-0.15, -0.1) is 0 Å². The van der Waals surface area contributed by atoms with Crippen LogP contribution in [0.4, 0.5) is 10.1 Å². The Bertz CT molecular complexity index is 936. The van der Waals surface area contributed by atoms with Gasteiger partial charge in [-0.25, -0.2) is 9.82 Å². The normalized spacial score (nSPS) is 10.7. The fraction of sp³-hybridized carbons (Fsp3) is 0.100. The maximum Gasteiger partial charge on any atom is 0.259 e. The molecule has 0 unspecified atom stereocenters. The van der Waals surface area contributed by atoms with Crippen LogP contribution in [0.25, 0.3) is 11.3 Å². The van der Waals surface area contributed by atoms with Crippen molar-refractivity contribution in [3.63, 3.8) is 0 Å². The second-order valence-electron chi connectivity index (χ2n) is 5.56. The highest BCUT2D eigenvalue weighted by Gasteiger charge is 2.08. The van der Waals surface area contributed by atoms with Gasteiger partial charge in [0.05, 0.1) is 25.4 Å². The molecule has 0 saturated heterocycles. The lowest BCUT2D eigenvalue weighted by molar-refractivity contribution is -0.119. The number of halogens is 1. The van der Waals surface area contributed by atoms with Gasteiger partial charge >= 0.3 is 0 Å². The van der Waals surface area contributed by atoms with Gasteiger partial charge in [0.2, 0.25) is 0 Å². The van der Waals surface area contributed by atoms with E-state index in [4.69, 9.17) is 9.15 Å². The standard InChI is InChI=1S/C20H18FN3O3/c1-26-15-8-6-14(7-9-15)22-13-20(25)24-23-12-16-10-11-19(27-16)17-4-2-3-5-18(17)21/h2-12,22H,13H2,1H3,(H,24,25)/b23-12-. The molecular formula is C20H18FN3O3. The summed E-state index contributed by atoms with van der Waals surface area (Å²) in [7, 11) is 1.59. The molecule has 0 aliphatic rings. The van der Waals surface area contributed by atoms with Gasteiger partial charge in [0, 0.05) is 5.69 Å². The van der Waals surface area contributed by atoms with Gasteiger partial charge in [0.15, 0.2) is 0 Å². The fourth-order valence-electron chi connectivity index (χ4n) is 2.33. The zero-order valence-corrected chi connectivity index (χ0v) is 14.6. The van der Waals surface area contributed by atoms with Crippen LogP contribution in [-0.4, -0.2) is 25.8 Å². The van der Waals surface area contributed by atoms with E-state index < -0.39 is 0 Å². The average molecular weight is 367 g/mol. The van der Waals surface area contributed by atoms with E-state index in [0.29, 0.717) is 17.1 Å². The molecule has 27 heavy (non-hydrogen) atoms. The number of carbonyl (C=O) groups excluding carboxylic acids is 1. The van der Waals surface area contributed by atoms with E-state index in [2.05, 4.69) is 15.8 Å². The van der Waals surface area contributed by atoms with Crippen LogP contribution in [0, 0.1) is 5.82 Å². The van der Waals surface area contributed by atoms with Gasteiger partial charge in [-0.05, 0) is 48.5 Å². The number of hydrogen-bond donors (Lipinski definition) is 2. The molecule has 3 aromatic rings. The van der Waals surface area contributed by atoms with Gasteiger partial charge in [0.1, 0.15) is 23.1 Å². The van der Waals surface area contributed by atoms with E-state index in [1.165, 1.54) is 12.3 Å². The van der Waals surface area contributed by atoms with Crippen molar-refractivity contribution in [1.29, 1.82) is 0 Å². The number of nitrogens with one attached hydrogen (secondary N) is 2. The Morgan fingerprint density at radius 2 is 1.93 bits per heavy atom. The number of anilines is 1. The van der Waals surface area contributed by atoms with Crippen molar-refractivity contribution in [1.82, 2.24) is 5.43 Å². The molecule has 0 atom stereocenters. The Balaban J connectivity index is 1.50. The molecule has 7 heteroatoms. The molecule has 2 aromatic carbocycles. The third-order valence-electron chi connectivity index (χ3n) is 3.69. The topological polar surface area (TPSA) is 75.9 Å². The quantitative estimate of drug-likeness (QED) is 0.494. The van der Waals surface area contributed by atoms with E-state index in [-0.39, 0.29) is 18.3 Å². The molecular weight excluding hydrogens is 349 g/mol. The minimum atomic E-state index is -0.367. The third-order valence-corrected chi connectivity index (χ3v) is 3.69. The summed E-state index contributed by atoms with van der Waals surface area (Å²) in [6.45, 7) is 0.0578. The molecule has 1 amide bonds. The van der Waals surface area contributed by atoms with E-state index in [1.807, 2.05) is 12.1 Å². The van der Waals surface area contributed by atoms with Crippen LogP contribution in [0.15, 0.2) is 70.2 Å². The zero-order chi connectivity index (χ0) is 19.1. The van der Waals surface area contributed by atoms with E-state index in [1.54, 1.807) is 49.6 Å². The van der Waals surface area contributed by atoms with Crippen LogP contribution in [-0.2, 0) is 4.79 Å². The van der Waals surface area contributed by atoms with Gasteiger partial charge in [-0.2, -0.15) is 5.10 Å². The van der Waals surface area contributed by atoms with Crippen LogP contribution >= 0.6 is 0 Å². The molecule has 0 fully saturated rings. The highest BCUT2D eigenvalue weighted by atomic mass is 19.1. The lowest BCUT2D eigenvalue weighted by atomic mass is 10.1. The second-order valence-corrected chi connectivity index (χ2v) is 5.56. The molecule has 138 valence electrons. The number of nitrogens with zero attached hydrogens (tertiary/aromatic N) is 1. The lowest BCUT2D eigenvalue weighted by Gasteiger charge is -2.06. The maximum atomic E-state index is 13.7. The fourth-order valence-corrected chi connectivity index (χ4v) is 2.33. The van der Waals surface area contributed by atoms with E-state index in [9.17, 15) is 9.18 Å². The first-order valence-corrected chi connectivity index (χ1v) is 8.20. The highest BCUT2D eigenvalue weighted by Crippen LogP contribution is 2.24. The monoisotopic (exact) mass is 367 g/mol. The summed E-state index contributed by atoms with van der Waals surface area (Å²) >= 11 is 0. The molecule has 0 radical (unpaired) electrons. The predicted molar refractivity (Wildman–Crippen MR) is 101 cm³/mol. The van der Waals surface area contributed by atoms with Crippen molar-refractivity contribution in [2.24, 2.45) is 5.10 Å². The molecule has 0 saturated carbocycles. The Hall–Kier alpha value is -3.61. The van der Waals surface area contributed by atoms with Crippen molar-refractivity contribution < 1.29 is 18.3 Å². The van der Waals surface area contributed by atoms with Crippen LogP contribution < -0.4 is 15.5 Å². The summed E-state index contributed by atoms with van der Waals surface area (Å²) in [5, 5.41) is 6.81. The first kappa shape index (κ1) is 18.2. The molecule has 1 aromatic heterocycles. The number of hydrogen-bond acceptors (Lipinski definition) is 5. The summed E-state index contributed by atoms with van der Waals surface area (Å²) < 4.78 is 24.3. The van der Waals surface area contributed by atoms with Crippen LogP contribution in [0.1, 0.15) is 5.76 Å². The van der Waals surface area contributed by atoms with E-state index >= 15 is 0 Å². The van der Waals surface area contributed by atoms with Crippen molar-refractivity contribution >= 4 is 17.8 Å². The largest absolute Gasteiger partial charge is 0.497 e. The number of rotatable bonds is 7. The number of carbonyl (C=O) groups is 1. The second kappa shape index (κ2) is 8.66. The highest BCUT2D eigenvalue weighted by molar-refractivity contribution is 5.83. The number of hydrazone groups is 1. The molecule has 1 heterocycles. The Labute approximate surface area is 155 Å². The lowest BCUT2D eigenvalue weighted by Crippen LogP contribution is -2.25. The molecule has 0 bridgehead atoms. The van der Waals surface area contributed by atoms with E-state index in [0.717, 1.165) is 11.4 Å². The zero-order valence-electron chi connectivity index (χ0n) is 14.6. The summed E-state index contributed by atoms with van der Waals surface area (Å²) in [4.78, 5) is 11.8. The average Bonchev–Trinajstić information content (AvgIpc) is 3.16. The van der Waals surface area contributed by atoms with Gasteiger partial charge in [0.25, 0.3) is 5.91 Å². The Morgan fingerprint density at radius 3 is 2.67 bits per heavy atom. The van der Waals surface area contributed by atoms with Crippen LogP contribution in [0.3, 0.4) is 0 Å². The molecule has 0 spiro atoms.